The summed E-state index contributed by atoms with van der Waals surface area (Å²) in [5.41, 5.74) is 4.07. The molecular formula is C21H31BrO2. The lowest BCUT2D eigenvalue weighted by atomic mass is 9.61. The first kappa shape index (κ1) is 18.2. The summed E-state index contributed by atoms with van der Waals surface area (Å²) in [6.07, 6.45) is 8.49. The molecule has 0 bridgehead atoms. The molecule has 2 aliphatic carbocycles. The Bertz CT molecular complexity index is 572. The largest absolute Gasteiger partial charge is 0.459 e. The minimum Gasteiger partial charge on any atom is -0.459 e. The van der Waals surface area contributed by atoms with Crippen LogP contribution in [-0.4, -0.2) is 12.1 Å². The van der Waals surface area contributed by atoms with Crippen molar-refractivity contribution in [1.82, 2.24) is 0 Å². The monoisotopic (exact) mass is 394 g/mol. The molecule has 0 amide bonds. The van der Waals surface area contributed by atoms with Crippen molar-refractivity contribution in [2.24, 2.45) is 23.2 Å². The topological polar surface area (TPSA) is 26.3 Å². The zero-order valence-electron chi connectivity index (χ0n) is 15.5. The third-order valence-corrected chi connectivity index (χ3v) is 7.64. The highest BCUT2D eigenvalue weighted by atomic mass is 79.9. The van der Waals surface area contributed by atoms with E-state index in [0.29, 0.717) is 11.3 Å². The van der Waals surface area contributed by atoms with E-state index in [2.05, 4.69) is 34.8 Å². The van der Waals surface area contributed by atoms with Gasteiger partial charge in [-0.2, -0.15) is 0 Å². The van der Waals surface area contributed by atoms with Crippen LogP contribution in [0, 0.1) is 23.2 Å². The number of carbonyl (C=O) groups excluding carboxylic acids is 1. The molecule has 5 atom stereocenters. The molecule has 1 heterocycles. The van der Waals surface area contributed by atoms with Gasteiger partial charge in [-0.3, -0.25) is 0 Å². The van der Waals surface area contributed by atoms with Crippen molar-refractivity contribution < 1.29 is 9.53 Å². The van der Waals surface area contributed by atoms with E-state index in [1.54, 1.807) is 5.57 Å². The third-order valence-electron chi connectivity index (χ3n) is 7.06. The number of hydrogen-bond acceptors (Lipinski definition) is 2. The summed E-state index contributed by atoms with van der Waals surface area (Å²) in [6, 6.07) is 0. The SMILES string of the molecule is CC(C)=C1CC(C[C@@H](C)[C@H]2CCC3/C(=C/Br)CCC[C@@]32C)OC1=O. The summed E-state index contributed by atoms with van der Waals surface area (Å²) in [5, 5.41) is 0. The lowest BCUT2D eigenvalue weighted by molar-refractivity contribution is -0.139. The summed E-state index contributed by atoms with van der Waals surface area (Å²) < 4.78 is 5.66. The fraction of sp³-hybridized carbons (Fsp3) is 0.762. The molecule has 1 aliphatic heterocycles. The molecular weight excluding hydrogens is 364 g/mol. The number of hydrogen-bond donors (Lipinski definition) is 0. The minimum absolute atomic E-state index is 0.0788. The molecule has 2 nitrogen and oxygen atoms in total. The Morgan fingerprint density at radius 2 is 2.17 bits per heavy atom. The first-order valence-electron chi connectivity index (χ1n) is 9.53. The van der Waals surface area contributed by atoms with Crippen molar-refractivity contribution in [3.63, 3.8) is 0 Å². The average molecular weight is 395 g/mol. The van der Waals surface area contributed by atoms with E-state index >= 15 is 0 Å². The molecule has 0 N–H and O–H groups in total. The first-order chi connectivity index (χ1) is 11.4. The van der Waals surface area contributed by atoms with Crippen LogP contribution < -0.4 is 0 Å². The van der Waals surface area contributed by atoms with E-state index in [1.165, 1.54) is 32.1 Å². The highest BCUT2D eigenvalue weighted by molar-refractivity contribution is 9.11. The molecule has 0 aromatic rings. The van der Waals surface area contributed by atoms with Gasteiger partial charge < -0.3 is 4.74 Å². The maximum absolute atomic E-state index is 12.0. The van der Waals surface area contributed by atoms with Gasteiger partial charge in [-0.15, -0.1) is 0 Å². The standard InChI is InChI=1S/C21H31BrO2/c1-13(2)17-11-16(24-20(17)23)10-14(3)18-7-8-19-15(12-22)6-5-9-21(18,19)4/h12,14,16,18-19H,5-11H2,1-4H3/b15-12+/t14-,16?,18-,19?,21-/m1/s1. The average Bonchev–Trinajstić information content (AvgIpc) is 3.06. The summed E-state index contributed by atoms with van der Waals surface area (Å²) in [5.74, 6) is 2.03. The normalized spacial score (nSPS) is 39.0. The van der Waals surface area contributed by atoms with Gasteiger partial charge in [-0.25, -0.2) is 4.79 Å². The van der Waals surface area contributed by atoms with E-state index in [1.807, 2.05) is 13.8 Å². The van der Waals surface area contributed by atoms with Gasteiger partial charge in [-0.05, 0) is 80.5 Å². The quantitative estimate of drug-likeness (QED) is 0.423. The Kier molecular flexibility index (Phi) is 5.30. The number of fused-ring (bicyclic) bond motifs is 1. The summed E-state index contributed by atoms with van der Waals surface area (Å²) in [7, 11) is 0. The molecule has 0 aromatic heterocycles. The van der Waals surface area contributed by atoms with Crippen molar-refractivity contribution in [1.29, 1.82) is 0 Å². The Labute approximate surface area is 155 Å². The third kappa shape index (κ3) is 3.13. The predicted octanol–water partition coefficient (Wildman–Crippen LogP) is 6.16. The minimum atomic E-state index is -0.0788. The summed E-state index contributed by atoms with van der Waals surface area (Å²) in [4.78, 5) is 14.2. The van der Waals surface area contributed by atoms with Crippen LogP contribution in [0.4, 0.5) is 0 Å². The van der Waals surface area contributed by atoms with Crippen molar-refractivity contribution in [3.05, 3.63) is 21.7 Å². The predicted molar refractivity (Wildman–Crippen MR) is 102 cm³/mol. The molecule has 3 rings (SSSR count). The van der Waals surface area contributed by atoms with Gasteiger partial charge in [0.25, 0.3) is 0 Å². The molecule has 2 saturated carbocycles. The van der Waals surface area contributed by atoms with Crippen LogP contribution in [0.15, 0.2) is 21.7 Å². The molecule has 3 heteroatoms. The number of cyclic esters (lactones) is 1. The number of allylic oxidation sites excluding steroid dienone is 2. The van der Waals surface area contributed by atoms with Crippen molar-refractivity contribution in [2.45, 2.75) is 78.7 Å². The van der Waals surface area contributed by atoms with Crippen molar-refractivity contribution >= 4 is 21.9 Å². The molecule has 1 saturated heterocycles. The Hall–Kier alpha value is -0.570. The van der Waals surface area contributed by atoms with Crippen LogP contribution in [0.25, 0.3) is 0 Å². The van der Waals surface area contributed by atoms with Crippen molar-refractivity contribution in [2.75, 3.05) is 0 Å². The Morgan fingerprint density at radius 3 is 2.79 bits per heavy atom. The van der Waals surface area contributed by atoms with E-state index in [4.69, 9.17) is 4.74 Å². The van der Waals surface area contributed by atoms with Crippen LogP contribution in [0.3, 0.4) is 0 Å². The number of ether oxygens (including phenoxy) is 1. The van der Waals surface area contributed by atoms with Crippen LogP contribution in [0.1, 0.15) is 72.6 Å². The van der Waals surface area contributed by atoms with Gasteiger partial charge in [0.2, 0.25) is 0 Å². The highest BCUT2D eigenvalue weighted by Crippen LogP contribution is 2.60. The fourth-order valence-corrected chi connectivity index (χ4v) is 6.39. The molecule has 3 fully saturated rings. The van der Waals surface area contributed by atoms with Crippen LogP contribution in [0.5, 0.6) is 0 Å². The zero-order valence-corrected chi connectivity index (χ0v) is 17.1. The number of carbonyl (C=O) groups is 1. The van der Waals surface area contributed by atoms with E-state index in [-0.39, 0.29) is 12.1 Å². The fourth-order valence-electron chi connectivity index (χ4n) is 5.84. The number of halogens is 1. The van der Waals surface area contributed by atoms with E-state index in [0.717, 1.165) is 35.8 Å². The van der Waals surface area contributed by atoms with Crippen LogP contribution in [-0.2, 0) is 9.53 Å². The van der Waals surface area contributed by atoms with Gasteiger partial charge >= 0.3 is 5.97 Å². The van der Waals surface area contributed by atoms with Crippen LogP contribution in [0.2, 0.25) is 0 Å². The Morgan fingerprint density at radius 1 is 1.42 bits per heavy atom. The van der Waals surface area contributed by atoms with Gasteiger partial charge in [0.05, 0.1) is 0 Å². The highest BCUT2D eigenvalue weighted by Gasteiger charge is 2.51. The second-order valence-electron chi connectivity index (χ2n) is 8.70. The molecule has 3 aliphatic rings. The number of esters is 1. The lowest BCUT2D eigenvalue weighted by Crippen LogP contribution is -2.36. The molecule has 134 valence electrons. The van der Waals surface area contributed by atoms with Gasteiger partial charge in [-0.1, -0.05) is 40.9 Å². The van der Waals surface area contributed by atoms with Gasteiger partial charge in [0, 0.05) is 12.0 Å². The zero-order chi connectivity index (χ0) is 17.5. The second kappa shape index (κ2) is 6.97. The van der Waals surface area contributed by atoms with E-state index in [9.17, 15) is 4.79 Å². The smallest absolute Gasteiger partial charge is 0.334 e. The number of rotatable bonds is 3. The first-order valence-corrected chi connectivity index (χ1v) is 10.4. The summed E-state index contributed by atoms with van der Waals surface area (Å²) in [6.45, 7) is 8.94. The lowest BCUT2D eigenvalue weighted by Gasteiger charge is -2.44. The van der Waals surface area contributed by atoms with E-state index < -0.39 is 0 Å². The molecule has 0 radical (unpaired) electrons. The summed E-state index contributed by atoms with van der Waals surface area (Å²) >= 11 is 3.60. The molecule has 24 heavy (non-hydrogen) atoms. The Balaban J connectivity index is 1.69. The van der Waals surface area contributed by atoms with Gasteiger partial charge in [0.1, 0.15) is 6.10 Å². The van der Waals surface area contributed by atoms with Crippen molar-refractivity contribution in [3.8, 4) is 0 Å². The van der Waals surface area contributed by atoms with Crippen LogP contribution >= 0.6 is 15.9 Å². The molecule has 2 unspecified atom stereocenters. The second-order valence-corrected chi connectivity index (χ2v) is 9.16. The van der Waals surface area contributed by atoms with Gasteiger partial charge in [0.15, 0.2) is 0 Å². The molecule has 0 aromatic carbocycles. The maximum atomic E-state index is 12.0. The molecule has 0 spiro atoms. The maximum Gasteiger partial charge on any atom is 0.334 e.